The number of methoxy groups -OCH3 is 2. The van der Waals surface area contributed by atoms with E-state index in [1.165, 1.54) is 0 Å². The number of anilines is 1. The molecule has 2 rings (SSSR count). The summed E-state index contributed by atoms with van der Waals surface area (Å²) in [6.07, 6.45) is 1.72. The Balaban J connectivity index is 2.24. The molecule has 0 atom stereocenters. The Kier molecular flexibility index (Phi) is 3.46. The van der Waals surface area contributed by atoms with Crippen molar-refractivity contribution in [2.24, 2.45) is 0 Å². The lowest BCUT2D eigenvalue weighted by Gasteiger charge is -2.29. The second kappa shape index (κ2) is 5.03. The van der Waals surface area contributed by atoms with Crippen molar-refractivity contribution < 1.29 is 9.47 Å². The molecule has 0 aromatic carbocycles. The van der Waals surface area contributed by atoms with E-state index in [9.17, 15) is 0 Å². The first-order valence-electron chi connectivity index (χ1n) is 5.39. The van der Waals surface area contributed by atoms with Gasteiger partial charge in [-0.1, -0.05) is 0 Å². The van der Waals surface area contributed by atoms with E-state index in [4.69, 9.17) is 9.47 Å². The van der Waals surface area contributed by atoms with Crippen LogP contribution in [0.2, 0.25) is 0 Å². The van der Waals surface area contributed by atoms with Crippen LogP contribution in [0, 0.1) is 0 Å². The van der Waals surface area contributed by atoms with Gasteiger partial charge in [0.2, 0.25) is 0 Å². The third-order valence-electron chi connectivity index (χ3n) is 2.68. The fourth-order valence-electron chi connectivity index (χ4n) is 1.80. The minimum atomic E-state index is 0.718. The first-order valence-corrected chi connectivity index (χ1v) is 5.39. The van der Waals surface area contributed by atoms with Crippen LogP contribution in [-0.4, -0.2) is 45.4 Å². The average molecular weight is 223 g/mol. The molecular formula is C11H17N3O2. The standard InChI is InChI=1S/C11H17N3O2/c1-15-9-7-10(16-2)11(13-8-9)14-5-3-12-4-6-14/h7-8,12H,3-6H2,1-2H3. The van der Waals surface area contributed by atoms with Gasteiger partial charge in [-0.05, 0) is 0 Å². The van der Waals surface area contributed by atoms with E-state index in [1.54, 1.807) is 20.4 Å². The van der Waals surface area contributed by atoms with Crippen molar-refractivity contribution in [2.75, 3.05) is 45.3 Å². The molecule has 5 heteroatoms. The summed E-state index contributed by atoms with van der Waals surface area (Å²) < 4.78 is 10.5. The topological polar surface area (TPSA) is 46.6 Å². The summed E-state index contributed by atoms with van der Waals surface area (Å²) in [5.74, 6) is 2.38. The van der Waals surface area contributed by atoms with E-state index in [0.717, 1.165) is 43.5 Å². The van der Waals surface area contributed by atoms with Crippen molar-refractivity contribution in [2.45, 2.75) is 0 Å². The monoisotopic (exact) mass is 223 g/mol. The summed E-state index contributed by atoms with van der Waals surface area (Å²) in [7, 11) is 3.28. The van der Waals surface area contributed by atoms with Gasteiger partial charge in [-0.25, -0.2) is 4.98 Å². The van der Waals surface area contributed by atoms with Crippen molar-refractivity contribution in [1.29, 1.82) is 0 Å². The largest absolute Gasteiger partial charge is 0.495 e. The van der Waals surface area contributed by atoms with Crippen LogP contribution in [0.1, 0.15) is 0 Å². The van der Waals surface area contributed by atoms with Gasteiger partial charge < -0.3 is 19.7 Å². The van der Waals surface area contributed by atoms with Crippen LogP contribution in [0.5, 0.6) is 11.5 Å². The Morgan fingerprint density at radius 2 is 2.00 bits per heavy atom. The number of nitrogens with zero attached hydrogens (tertiary/aromatic N) is 2. The highest BCUT2D eigenvalue weighted by molar-refractivity contribution is 5.55. The first kappa shape index (κ1) is 11.0. The molecule has 0 amide bonds. The predicted molar refractivity (Wildman–Crippen MR) is 62.4 cm³/mol. The average Bonchev–Trinajstić information content (AvgIpc) is 2.39. The quantitative estimate of drug-likeness (QED) is 0.809. The molecule has 2 heterocycles. The highest BCUT2D eigenvalue weighted by Gasteiger charge is 2.16. The molecule has 0 bridgehead atoms. The van der Waals surface area contributed by atoms with Crippen LogP contribution in [0.4, 0.5) is 5.82 Å². The van der Waals surface area contributed by atoms with Crippen molar-refractivity contribution in [3.63, 3.8) is 0 Å². The van der Waals surface area contributed by atoms with E-state index in [2.05, 4.69) is 15.2 Å². The maximum absolute atomic E-state index is 5.34. The van der Waals surface area contributed by atoms with Gasteiger partial charge >= 0.3 is 0 Å². The summed E-state index contributed by atoms with van der Waals surface area (Å²) in [5.41, 5.74) is 0. The van der Waals surface area contributed by atoms with Gasteiger partial charge in [-0.15, -0.1) is 0 Å². The summed E-state index contributed by atoms with van der Waals surface area (Å²) in [5, 5.41) is 3.31. The van der Waals surface area contributed by atoms with E-state index >= 15 is 0 Å². The number of rotatable bonds is 3. The molecule has 0 saturated carbocycles. The third-order valence-corrected chi connectivity index (χ3v) is 2.68. The zero-order valence-electron chi connectivity index (χ0n) is 9.69. The molecule has 1 saturated heterocycles. The number of nitrogens with one attached hydrogen (secondary N) is 1. The molecule has 1 aromatic rings. The molecular weight excluding hydrogens is 206 g/mol. The molecule has 0 unspecified atom stereocenters. The molecule has 1 N–H and O–H groups in total. The SMILES string of the molecule is COc1cnc(N2CCNCC2)c(OC)c1. The third kappa shape index (κ3) is 2.19. The van der Waals surface area contributed by atoms with Crippen LogP contribution >= 0.6 is 0 Å². The lowest BCUT2D eigenvalue weighted by molar-refractivity contribution is 0.390. The van der Waals surface area contributed by atoms with Gasteiger partial charge in [-0.2, -0.15) is 0 Å². The van der Waals surface area contributed by atoms with Crippen LogP contribution in [0.15, 0.2) is 12.3 Å². The Hall–Kier alpha value is -1.49. The minimum Gasteiger partial charge on any atom is -0.495 e. The normalized spacial score (nSPS) is 16.0. The Morgan fingerprint density at radius 1 is 1.25 bits per heavy atom. The van der Waals surface area contributed by atoms with Crippen LogP contribution < -0.4 is 19.7 Å². The van der Waals surface area contributed by atoms with Crippen LogP contribution in [-0.2, 0) is 0 Å². The minimum absolute atomic E-state index is 0.718. The smallest absolute Gasteiger partial charge is 0.171 e. The number of hydrogen-bond acceptors (Lipinski definition) is 5. The molecule has 1 aromatic heterocycles. The fourth-order valence-corrected chi connectivity index (χ4v) is 1.80. The van der Waals surface area contributed by atoms with Gasteiger partial charge in [0.25, 0.3) is 0 Å². The maximum atomic E-state index is 5.34. The second-order valence-electron chi connectivity index (χ2n) is 3.64. The highest BCUT2D eigenvalue weighted by Crippen LogP contribution is 2.29. The van der Waals surface area contributed by atoms with E-state index < -0.39 is 0 Å². The molecule has 0 spiro atoms. The highest BCUT2D eigenvalue weighted by atomic mass is 16.5. The first-order chi connectivity index (χ1) is 7.85. The van der Waals surface area contributed by atoms with Crippen molar-refractivity contribution in [3.8, 4) is 11.5 Å². The van der Waals surface area contributed by atoms with Crippen molar-refractivity contribution in [1.82, 2.24) is 10.3 Å². The molecule has 0 radical (unpaired) electrons. The van der Waals surface area contributed by atoms with Gasteiger partial charge in [0.05, 0.1) is 20.4 Å². The van der Waals surface area contributed by atoms with Crippen molar-refractivity contribution >= 4 is 5.82 Å². The number of piperazine rings is 1. The predicted octanol–water partition coefficient (Wildman–Crippen LogP) is 0.508. The zero-order valence-corrected chi connectivity index (χ0v) is 9.69. The summed E-state index contributed by atoms with van der Waals surface area (Å²) >= 11 is 0. The number of hydrogen-bond donors (Lipinski definition) is 1. The summed E-state index contributed by atoms with van der Waals surface area (Å²) in [6.45, 7) is 3.87. The van der Waals surface area contributed by atoms with Gasteiger partial charge in [0, 0.05) is 32.2 Å². The number of aromatic nitrogens is 1. The number of ether oxygens (including phenoxy) is 2. The van der Waals surface area contributed by atoms with Crippen molar-refractivity contribution in [3.05, 3.63) is 12.3 Å². The molecule has 5 nitrogen and oxygen atoms in total. The van der Waals surface area contributed by atoms with E-state index in [0.29, 0.717) is 0 Å². The second-order valence-corrected chi connectivity index (χ2v) is 3.64. The molecule has 0 aliphatic carbocycles. The number of pyridine rings is 1. The maximum Gasteiger partial charge on any atom is 0.171 e. The summed E-state index contributed by atoms with van der Waals surface area (Å²) in [6, 6.07) is 1.87. The molecule has 88 valence electrons. The lowest BCUT2D eigenvalue weighted by Crippen LogP contribution is -2.44. The molecule has 1 aliphatic heterocycles. The summed E-state index contributed by atoms with van der Waals surface area (Å²) in [4.78, 5) is 6.61. The van der Waals surface area contributed by atoms with E-state index in [-0.39, 0.29) is 0 Å². The fraction of sp³-hybridized carbons (Fsp3) is 0.545. The van der Waals surface area contributed by atoms with Gasteiger partial charge in [0.15, 0.2) is 11.6 Å². The Morgan fingerprint density at radius 3 is 2.62 bits per heavy atom. The Labute approximate surface area is 95.4 Å². The van der Waals surface area contributed by atoms with Crippen LogP contribution in [0.3, 0.4) is 0 Å². The lowest BCUT2D eigenvalue weighted by atomic mass is 10.3. The molecule has 1 aliphatic rings. The van der Waals surface area contributed by atoms with Crippen LogP contribution in [0.25, 0.3) is 0 Å². The van der Waals surface area contributed by atoms with Gasteiger partial charge in [-0.3, -0.25) is 0 Å². The van der Waals surface area contributed by atoms with E-state index in [1.807, 2.05) is 6.07 Å². The Bertz CT molecular complexity index is 351. The zero-order chi connectivity index (χ0) is 11.4. The molecule has 16 heavy (non-hydrogen) atoms. The molecule has 1 fully saturated rings. The van der Waals surface area contributed by atoms with Gasteiger partial charge in [0.1, 0.15) is 5.75 Å².